The Hall–Kier alpha value is -2.94. The molecule has 0 bridgehead atoms. The maximum atomic E-state index is 13.8. The molecule has 2 aromatic carbocycles. The Bertz CT molecular complexity index is 1170. The molecule has 1 aliphatic rings. The topological polar surface area (TPSA) is 86.8 Å². The number of nitrogens with zero attached hydrogens (tertiary/aromatic N) is 2. The quantitative estimate of drug-likeness (QED) is 0.490. The minimum Gasteiger partial charge on any atom is -0.352 e. The van der Waals surface area contributed by atoms with Crippen LogP contribution in [0.2, 0.25) is 0 Å². The van der Waals surface area contributed by atoms with E-state index in [9.17, 15) is 22.4 Å². The van der Waals surface area contributed by atoms with E-state index in [-0.39, 0.29) is 18.5 Å². The minimum absolute atomic E-state index is 0.0557. The van der Waals surface area contributed by atoms with Crippen molar-refractivity contribution in [2.45, 2.75) is 77.9 Å². The van der Waals surface area contributed by atoms with Gasteiger partial charge in [0.05, 0.1) is 11.9 Å². The second-order valence-corrected chi connectivity index (χ2v) is 11.9. The number of amides is 2. The largest absolute Gasteiger partial charge is 0.352 e. The lowest BCUT2D eigenvalue weighted by Crippen LogP contribution is -2.53. The molecule has 0 saturated heterocycles. The number of benzene rings is 2. The first kappa shape index (κ1) is 28.6. The summed E-state index contributed by atoms with van der Waals surface area (Å²) in [5.74, 6) is -1.15. The molecular formula is C28H38FN3O4S. The van der Waals surface area contributed by atoms with Crippen molar-refractivity contribution in [3.63, 3.8) is 0 Å². The number of halogens is 1. The van der Waals surface area contributed by atoms with E-state index in [1.807, 2.05) is 26.8 Å². The van der Waals surface area contributed by atoms with E-state index >= 15 is 0 Å². The highest BCUT2D eigenvalue weighted by molar-refractivity contribution is 7.92. The van der Waals surface area contributed by atoms with Crippen LogP contribution in [0, 0.1) is 19.7 Å². The predicted octanol–water partition coefficient (Wildman–Crippen LogP) is 4.46. The Morgan fingerprint density at radius 2 is 1.62 bits per heavy atom. The molecule has 0 heterocycles. The van der Waals surface area contributed by atoms with Gasteiger partial charge in [-0.1, -0.05) is 44.4 Å². The summed E-state index contributed by atoms with van der Waals surface area (Å²) in [7, 11) is -3.80. The number of carbonyl (C=O) groups excluding carboxylic acids is 2. The Morgan fingerprint density at radius 1 is 1.03 bits per heavy atom. The van der Waals surface area contributed by atoms with Crippen molar-refractivity contribution in [3.05, 3.63) is 65.0 Å². The average molecular weight is 532 g/mol. The molecular weight excluding hydrogens is 493 g/mol. The van der Waals surface area contributed by atoms with Crippen molar-refractivity contribution < 1.29 is 22.4 Å². The molecule has 1 aliphatic carbocycles. The molecule has 2 amide bonds. The van der Waals surface area contributed by atoms with E-state index in [4.69, 9.17) is 0 Å². The van der Waals surface area contributed by atoms with Gasteiger partial charge < -0.3 is 10.2 Å². The van der Waals surface area contributed by atoms with Gasteiger partial charge in [-0.25, -0.2) is 12.8 Å². The SMILES string of the molecule is CC[C@H](C(=O)NC1CCCCC1)N(Cc1ccc(F)cc1)C(=O)CN(c1cc(C)cc(C)c1)S(C)(=O)=O. The molecule has 0 unspecified atom stereocenters. The van der Waals surface area contributed by atoms with Gasteiger partial charge in [-0.05, 0) is 74.1 Å². The van der Waals surface area contributed by atoms with Gasteiger partial charge in [0.25, 0.3) is 0 Å². The number of hydrogen-bond donors (Lipinski definition) is 1. The number of carbonyl (C=O) groups is 2. The van der Waals surface area contributed by atoms with Crippen LogP contribution < -0.4 is 9.62 Å². The lowest BCUT2D eigenvalue weighted by molar-refractivity contribution is -0.140. The molecule has 1 atom stereocenters. The van der Waals surface area contributed by atoms with E-state index in [0.29, 0.717) is 17.7 Å². The predicted molar refractivity (Wildman–Crippen MR) is 144 cm³/mol. The second-order valence-electron chi connectivity index (χ2n) is 10.0. The van der Waals surface area contributed by atoms with E-state index in [0.717, 1.165) is 53.8 Å². The van der Waals surface area contributed by atoms with Gasteiger partial charge >= 0.3 is 0 Å². The zero-order valence-corrected chi connectivity index (χ0v) is 23.0. The molecule has 0 aromatic heterocycles. The molecule has 9 heteroatoms. The fraction of sp³-hybridized carbons (Fsp3) is 0.500. The van der Waals surface area contributed by atoms with Crippen LogP contribution in [0.1, 0.15) is 62.1 Å². The smallest absolute Gasteiger partial charge is 0.244 e. The Labute approximate surface area is 220 Å². The van der Waals surface area contributed by atoms with Crippen LogP contribution >= 0.6 is 0 Å². The van der Waals surface area contributed by atoms with Gasteiger partial charge in [-0.3, -0.25) is 13.9 Å². The van der Waals surface area contributed by atoms with E-state index in [1.54, 1.807) is 24.3 Å². The van der Waals surface area contributed by atoms with Crippen LogP contribution in [0.15, 0.2) is 42.5 Å². The van der Waals surface area contributed by atoms with Crippen molar-refractivity contribution >= 4 is 27.5 Å². The van der Waals surface area contributed by atoms with Crippen LogP contribution in [-0.4, -0.2) is 50.0 Å². The van der Waals surface area contributed by atoms with Crippen LogP contribution in [-0.2, 0) is 26.2 Å². The summed E-state index contributed by atoms with van der Waals surface area (Å²) in [4.78, 5) is 28.6. The Morgan fingerprint density at radius 3 is 2.16 bits per heavy atom. The third-order valence-electron chi connectivity index (χ3n) is 6.78. The standard InChI is InChI=1S/C28H38FN3O4S/c1-5-26(28(34)30-24-9-7-6-8-10-24)31(18-22-11-13-23(29)14-12-22)27(33)19-32(37(4,35)36)25-16-20(2)15-21(3)17-25/h11-17,24,26H,5-10,18-19H2,1-4H3,(H,30,34)/t26-/m1/s1. The lowest BCUT2D eigenvalue weighted by Gasteiger charge is -2.34. The lowest BCUT2D eigenvalue weighted by atomic mass is 9.95. The third kappa shape index (κ3) is 8.02. The van der Waals surface area contributed by atoms with Crippen molar-refractivity contribution in [3.8, 4) is 0 Å². The molecule has 3 rings (SSSR count). The first-order valence-electron chi connectivity index (χ1n) is 12.9. The fourth-order valence-corrected chi connectivity index (χ4v) is 5.79. The zero-order chi connectivity index (χ0) is 27.2. The van der Waals surface area contributed by atoms with Crippen molar-refractivity contribution in [1.29, 1.82) is 0 Å². The maximum absolute atomic E-state index is 13.8. The summed E-state index contributed by atoms with van der Waals surface area (Å²) >= 11 is 0. The number of sulfonamides is 1. The second kappa shape index (κ2) is 12.5. The zero-order valence-electron chi connectivity index (χ0n) is 22.2. The van der Waals surface area contributed by atoms with Gasteiger partial charge in [-0.2, -0.15) is 0 Å². The number of aryl methyl sites for hydroxylation is 2. The van der Waals surface area contributed by atoms with Crippen molar-refractivity contribution in [1.82, 2.24) is 10.2 Å². The number of nitrogens with one attached hydrogen (secondary N) is 1. The molecule has 2 aromatic rings. The summed E-state index contributed by atoms with van der Waals surface area (Å²) in [6.45, 7) is 5.16. The molecule has 1 saturated carbocycles. The van der Waals surface area contributed by atoms with Crippen LogP contribution in [0.3, 0.4) is 0 Å². The highest BCUT2D eigenvalue weighted by atomic mass is 32.2. The van der Waals surface area contributed by atoms with Gasteiger partial charge in [0.15, 0.2) is 0 Å². The molecule has 1 N–H and O–H groups in total. The molecule has 0 aliphatic heterocycles. The van der Waals surface area contributed by atoms with E-state index in [1.165, 1.54) is 17.0 Å². The minimum atomic E-state index is -3.80. The first-order valence-corrected chi connectivity index (χ1v) is 14.7. The Kier molecular flexibility index (Phi) is 9.70. The number of rotatable bonds is 10. The van der Waals surface area contributed by atoms with Crippen molar-refractivity contribution in [2.75, 3.05) is 17.1 Å². The number of anilines is 1. The maximum Gasteiger partial charge on any atom is 0.244 e. The molecule has 7 nitrogen and oxygen atoms in total. The summed E-state index contributed by atoms with van der Waals surface area (Å²) in [5, 5.41) is 3.11. The van der Waals surface area contributed by atoms with Gasteiger partial charge in [0, 0.05) is 12.6 Å². The first-order chi connectivity index (χ1) is 17.5. The molecule has 202 valence electrons. The highest BCUT2D eigenvalue weighted by Crippen LogP contribution is 2.23. The molecule has 0 radical (unpaired) electrons. The van der Waals surface area contributed by atoms with Crippen LogP contribution in [0.4, 0.5) is 10.1 Å². The molecule has 1 fully saturated rings. The summed E-state index contributed by atoms with van der Waals surface area (Å²) < 4.78 is 40.2. The van der Waals surface area contributed by atoms with Crippen LogP contribution in [0.25, 0.3) is 0 Å². The van der Waals surface area contributed by atoms with Crippen LogP contribution in [0.5, 0.6) is 0 Å². The van der Waals surface area contributed by atoms with E-state index in [2.05, 4.69) is 5.32 Å². The number of hydrogen-bond acceptors (Lipinski definition) is 4. The third-order valence-corrected chi connectivity index (χ3v) is 7.92. The van der Waals surface area contributed by atoms with E-state index < -0.39 is 34.3 Å². The Balaban J connectivity index is 1.92. The fourth-order valence-electron chi connectivity index (χ4n) is 4.96. The van der Waals surface area contributed by atoms with Crippen molar-refractivity contribution in [2.24, 2.45) is 0 Å². The molecule has 37 heavy (non-hydrogen) atoms. The molecule has 0 spiro atoms. The summed E-state index contributed by atoms with van der Waals surface area (Å²) in [6.07, 6.45) is 6.49. The average Bonchev–Trinajstić information content (AvgIpc) is 2.82. The summed E-state index contributed by atoms with van der Waals surface area (Å²) in [5.41, 5.74) is 2.79. The monoisotopic (exact) mass is 531 g/mol. The van der Waals surface area contributed by atoms with Gasteiger partial charge in [0.2, 0.25) is 21.8 Å². The van der Waals surface area contributed by atoms with Gasteiger partial charge in [0.1, 0.15) is 18.4 Å². The highest BCUT2D eigenvalue weighted by Gasteiger charge is 2.33. The van der Waals surface area contributed by atoms with Gasteiger partial charge in [-0.15, -0.1) is 0 Å². The summed E-state index contributed by atoms with van der Waals surface area (Å²) in [6, 6.07) is 10.4. The normalized spacial score (nSPS) is 15.2.